The molecule has 0 fully saturated rings. The quantitative estimate of drug-likeness (QED) is 0.701. The molecule has 0 aliphatic carbocycles. The Morgan fingerprint density at radius 2 is 2.10 bits per heavy atom. The van der Waals surface area contributed by atoms with Crippen molar-refractivity contribution in [3.63, 3.8) is 0 Å². The van der Waals surface area contributed by atoms with Gasteiger partial charge in [0.2, 0.25) is 0 Å². The van der Waals surface area contributed by atoms with Crippen molar-refractivity contribution in [2.45, 2.75) is 25.3 Å². The van der Waals surface area contributed by atoms with Gasteiger partial charge in [0.1, 0.15) is 0 Å². The molecule has 0 aliphatic rings. The Balaban J connectivity index is 2.50. The maximum Gasteiger partial charge on any atom is 0.441 e. The molecule has 1 N–H and O–H groups in total. The lowest BCUT2D eigenvalue weighted by Gasteiger charge is -2.18. The lowest BCUT2D eigenvalue weighted by atomic mass is 9.97. The molecule has 1 atom stereocenters. The number of halogens is 4. The molecule has 0 saturated carbocycles. The molecule has 6 heteroatoms. The zero-order valence-corrected chi connectivity index (χ0v) is 13.7. The second-order valence-corrected chi connectivity index (χ2v) is 6.67. The molecule has 0 spiro atoms. The van der Waals surface area contributed by atoms with Crippen LogP contribution in [0.5, 0.6) is 0 Å². The summed E-state index contributed by atoms with van der Waals surface area (Å²) in [4.78, 5) is 0. The van der Waals surface area contributed by atoms with Crippen LogP contribution in [0.15, 0.2) is 28.7 Å². The van der Waals surface area contributed by atoms with E-state index in [0.29, 0.717) is 6.42 Å². The van der Waals surface area contributed by atoms with Gasteiger partial charge >= 0.3 is 5.51 Å². The van der Waals surface area contributed by atoms with Crippen molar-refractivity contribution in [1.82, 2.24) is 5.32 Å². The van der Waals surface area contributed by atoms with Gasteiger partial charge in [-0.3, -0.25) is 0 Å². The van der Waals surface area contributed by atoms with E-state index in [4.69, 9.17) is 0 Å². The predicted octanol–water partition coefficient (Wildman–Crippen LogP) is 4.86. The van der Waals surface area contributed by atoms with Crippen molar-refractivity contribution < 1.29 is 13.2 Å². The Kier molecular flexibility index (Phi) is 7.99. The number of benzene rings is 1. The first kappa shape index (κ1) is 17.9. The van der Waals surface area contributed by atoms with Crippen molar-refractivity contribution in [2.24, 2.45) is 5.92 Å². The molecule has 1 unspecified atom stereocenters. The van der Waals surface area contributed by atoms with Crippen LogP contribution in [-0.2, 0) is 6.42 Å². The van der Waals surface area contributed by atoms with Crippen LogP contribution in [0.1, 0.15) is 18.9 Å². The van der Waals surface area contributed by atoms with Crippen LogP contribution in [0, 0.1) is 5.92 Å². The topological polar surface area (TPSA) is 12.0 Å². The zero-order chi connectivity index (χ0) is 15.0. The van der Waals surface area contributed by atoms with Crippen molar-refractivity contribution in [2.75, 3.05) is 18.8 Å². The van der Waals surface area contributed by atoms with E-state index in [1.165, 1.54) is 0 Å². The first-order chi connectivity index (χ1) is 9.40. The highest BCUT2D eigenvalue weighted by Gasteiger charge is 2.28. The molecule has 1 rings (SSSR count). The third-order valence-electron chi connectivity index (χ3n) is 2.89. The molecule has 0 aromatic heterocycles. The van der Waals surface area contributed by atoms with E-state index in [-0.39, 0.29) is 23.4 Å². The molecule has 20 heavy (non-hydrogen) atoms. The van der Waals surface area contributed by atoms with Gasteiger partial charge in [0.05, 0.1) is 0 Å². The third-order valence-corrected chi connectivity index (χ3v) is 4.15. The summed E-state index contributed by atoms with van der Waals surface area (Å²) in [6, 6.07) is 7.94. The molecule has 0 radical (unpaired) electrons. The zero-order valence-electron chi connectivity index (χ0n) is 11.3. The minimum Gasteiger partial charge on any atom is -0.317 e. The van der Waals surface area contributed by atoms with Crippen molar-refractivity contribution >= 4 is 27.7 Å². The first-order valence-corrected chi connectivity index (χ1v) is 8.34. The number of thioether (sulfide) groups is 1. The monoisotopic (exact) mass is 369 g/mol. The molecule has 1 aromatic carbocycles. The largest absolute Gasteiger partial charge is 0.441 e. The van der Waals surface area contributed by atoms with E-state index in [0.717, 1.165) is 29.5 Å². The SMILES string of the molecule is CCNCC(CCSC(F)(F)F)Cc1cccc(Br)c1. The molecule has 0 bridgehead atoms. The Morgan fingerprint density at radius 1 is 1.35 bits per heavy atom. The third kappa shape index (κ3) is 8.17. The highest BCUT2D eigenvalue weighted by molar-refractivity contribution is 9.10. The number of hydrogen-bond donors (Lipinski definition) is 1. The predicted molar refractivity (Wildman–Crippen MR) is 83.0 cm³/mol. The van der Waals surface area contributed by atoms with Crippen LogP contribution in [0.3, 0.4) is 0 Å². The van der Waals surface area contributed by atoms with Gasteiger partial charge in [-0.05, 0) is 49.5 Å². The summed E-state index contributed by atoms with van der Waals surface area (Å²) in [5.74, 6) is 0.340. The van der Waals surface area contributed by atoms with E-state index in [1.54, 1.807) is 0 Å². The average molecular weight is 370 g/mol. The first-order valence-electron chi connectivity index (χ1n) is 6.56. The second-order valence-electron chi connectivity index (χ2n) is 4.59. The van der Waals surface area contributed by atoms with Gasteiger partial charge in [0, 0.05) is 10.2 Å². The number of nitrogens with one attached hydrogen (secondary N) is 1. The molecule has 1 aromatic rings. The van der Waals surface area contributed by atoms with E-state index in [9.17, 15) is 13.2 Å². The highest BCUT2D eigenvalue weighted by atomic mass is 79.9. The Morgan fingerprint density at radius 3 is 2.70 bits per heavy atom. The molecular formula is C14H19BrF3NS. The molecule has 0 amide bonds. The summed E-state index contributed by atoms with van der Waals surface area (Å²) in [6.07, 6.45) is 1.36. The van der Waals surface area contributed by atoms with Crippen LogP contribution in [-0.4, -0.2) is 24.4 Å². The molecule has 114 valence electrons. The number of rotatable bonds is 8. The fraction of sp³-hybridized carbons (Fsp3) is 0.571. The van der Waals surface area contributed by atoms with Crippen LogP contribution in [0.2, 0.25) is 0 Å². The van der Waals surface area contributed by atoms with Gasteiger partial charge in [-0.15, -0.1) is 0 Å². The van der Waals surface area contributed by atoms with Crippen molar-refractivity contribution in [3.8, 4) is 0 Å². The van der Waals surface area contributed by atoms with Crippen LogP contribution in [0.4, 0.5) is 13.2 Å². The fourth-order valence-electron chi connectivity index (χ4n) is 1.96. The smallest absolute Gasteiger partial charge is 0.317 e. The fourth-order valence-corrected chi connectivity index (χ4v) is 3.09. The van der Waals surface area contributed by atoms with Crippen LogP contribution in [0.25, 0.3) is 0 Å². The summed E-state index contributed by atoms with van der Waals surface area (Å²) in [5.41, 5.74) is -2.97. The summed E-state index contributed by atoms with van der Waals surface area (Å²) in [6.45, 7) is 3.59. The Labute approximate surface area is 130 Å². The summed E-state index contributed by atoms with van der Waals surface area (Å²) < 4.78 is 37.5. The summed E-state index contributed by atoms with van der Waals surface area (Å²) >= 11 is 3.49. The van der Waals surface area contributed by atoms with Crippen molar-refractivity contribution in [1.29, 1.82) is 0 Å². The maximum atomic E-state index is 12.2. The molecule has 0 aliphatic heterocycles. The van der Waals surface area contributed by atoms with Gasteiger partial charge in [0.25, 0.3) is 0 Å². The minimum absolute atomic E-state index is 0.0720. The van der Waals surface area contributed by atoms with E-state index < -0.39 is 5.51 Å². The molecular weight excluding hydrogens is 351 g/mol. The Hall–Kier alpha value is -0.200. The van der Waals surface area contributed by atoms with Gasteiger partial charge in [-0.1, -0.05) is 46.7 Å². The van der Waals surface area contributed by atoms with E-state index in [2.05, 4.69) is 21.2 Å². The van der Waals surface area contributed by atoms with E-state index >= 15 is 0 Å². The van der Waals surface area contributed by atoms with Gasteiger partial charge < -0.3 is 5.32 Å². The lowest BCUT2D eigenvalue weighted by molar-refractivity contribution is -0.0328. The average Bonchev–Trinajstić information content (AvgIpc) is 2.34. The minimum atomic E-state index is -4.13. The highest BCUT2D eigenvalue weighted by Crippen LogP contribution is 2.31. The summed E-state index contributed by atoms with van der Waals surface area (Å²) in [5, 5.41) is 3.23. The molecule has 0 heterocycles. The van der Waals surface area contributed by atoms with Crippen LogP contribution >= 0.6 is 27.7 Å². The van der Waals surface area contributed by atoms with Gasteiger partial charge in [-0.2, -0.15) is 13.2 Å². The normalized spacial score (nSPS) is 13.4. The lowest BCUT2D eigenvalue weighted by Crippen LogP contribution is -2.25. The van der Waals surface area contributed by atoms with Crippen molar-refractivity contribution in [3.05, 3.63) is 34.3 Å². The maximum absolute atomic E-state index is 12.2. The second kappa shape index (κ2) is 8.95. The van der Waals surface area contributed by atoms with E-state index in [1.807, 2.05) is 31.2 Å². The number of alkyl halides is 3. The Bertz CT molecular complexity index is 398. The van der Waals surface area contributed by atoms with Crippen LogP contribution < -0.4 is 5.32 Å². The number of hydrogen-bond acceptors (Lipinski definition) is 2. The summed E-state index contributed by atoms with van der Waals surface area (Å²) in [7, 11) is 0. The van der Waals surface area contributed by atoms with Gasteiger partial charge in [-0.25, -0.2) is 0 Å². The van der Waals surface area contributed by atoms with Gasteiger partial charge in [0.15, 0.2) is 0 Å². The molecule has 0 saturated heterocycles. The standard InChI is InChI=1S/C14H19BrF3NS/c1-2-19-10-12(6-7-20-14(16,17)18)8-11-4-3-5-13(15)9-11/h3-5,9,12,19H,2,6-8,10H2,1H3. The molecule has 1 nitrogen and oxygen atoms in total.